The Balaban J connectivity index is 2.13. The Hall–Kier alpha value is -0.120. The standard InChI is InChI=1S/C12H26N2O/c1-12(2,11-15)13(3)7-6-10-14-8-4-5-9-14/h15H,4-11H2,1-3H3. The summed E-state index contributed by atoms with van der Waals surface area (Å²) in [7, 11) is 2.10. The van der Waals surface area contributed by atoms with Crippen molar-refractivity contribution in [2.24, 2.45) is 0 Å². The van der Waals surface area contributed by atoms with Crippen LogP contribution >= 0.6 is 0 Å². The van der Waals surface area contributed by atoms with E-state index in [9.17, 15) is 5.11 Å². The Morgan fingerprint density at radius 3 is 2.40 bits per heavy atom. The van der Waals surface area contributed by atoms with Crippen molar-refractivity contribution in [3.8, 4) is 0 Å². The molecule has 0 saturated carbocycles. The van der Waals surface area contributed by atoms with E-state index in [-0.39, 0.29) is 12.1 Å². The SMILES string of the molecule is CN(CCCN1CCCC1)C(C)(C)CO. The maximum atomic E-state index is 9.22. The Morgan fingerprint density at radius 2 is 1.87 bits per heavy atom. The Labute approximate surface area is 94.1 Å². The van der Waals surface area contributed by atoms with Crippen molar-refractivity contribution >= 4 is 0 Å². The van der Waals surface area contributed by atoms with Crippen molar-refractivity contribution in [1.29, 1.82) is 0 Å². The Kier molecular flexibility index (Phi) is 5.03. The molecule has 3 heteroatoms. The van der Waals surface area contributed by atoms with Gasteiger partial charge in [-0.15, -0.1) is 0 Å². The van der Waals surface area contributed by atoms with Crippen molar-refractivity contribution in [2.45, 2.75) is 38.6 Å². The van der Waals surface area contributed by atoms with E-state index in [1.165, 1.54) is 38.9 Å². The van der Waals surface area contributed by atoms with Crippen LogP contribution in [0.4, 0.5) is 0 Å². The molecule has 1 rings (SSSR count). The van der Waals surface area contributed by atoms with Crippen molar-refractivity contribution in [1.82, 2.24) is 9.80 Å². The number of likely N-dealkylation sites (tertiary alicyclic amines) is 1. The monoisotopic (exact) mass is 214 g/mol. The first-order valence-corrected chi connectivity index (χ1v) is 6.11. The van der Waals surface area contributed by atoms with Gasteiger partial charge in [-0.3, -0.25) is 4.90 Å². The van der Waals surface area contributed by atoms with E-state index in [1.807, 2.05) is 0 Å². The van der Waals surface area contributed by atoms with E-state index >= 15 is 0 Å². The maximum absolute atomic E-state index is 9.22. The Bertz CT molecular complexity index is 176. The normalized spacial score (nSPS) is 19.0. The van der Waals surface area contributed by atoms with Gasteiger partial charge in [-0.2, -0.15) is 0 Å². The lowest BCUT2D eigenvalue weighted by Crippen LogP contribution is -2.45. The molecule has 0 aromatic carbocycles. The van der Waals surface area contributed by atoms with Crippen LogP contribution in [-0.2, 0) is 0 Å². The highest BCUT2D eigenvalue weighted by atomic mass is 16.3. The van der Waals surface area contributed by atoms with Crippen molar-refractivity contribution in [3.63, 3.8) is 0 Å². The third kappa shape index (κ3) is 4.09. The number of nitrogens with zero attached hydrogens (tertiary/aromatic N) is 2. The molecule has 1 saturated heterocycles. The Morgan fingerprint density at radius 1 is 1.27 bits per heavy atom. The van der Waals surface area contributed by atoms with Crippen LogP contribution in [-0.4, -0.2) is 60.3 Å². The molecule has 0 amide bonds. The average molecular weight is 214 g/mol. The highest BCUT2D eigenvalue weighted by Crippen LogP contribution is 2.12. The number of hydrogen-bond donors (Lipinski definition) is 1. The summed E-state index contributed by atoms with van der Waals surface area (Å²) in [4.78, 5) is 4.79. The first kappa shape index (κ1) is 12.9. The molecule has 15 heavy (non-hydrogen) atoms. The van der Waals surface area contributed by atoms with Gasteiger partial charge in [-0.1, -0.05) is 0 Å². The molecule has 0 aromatic heterocycles. The molecule has 0 spiro atoms. The molecule has 0 atom stereocenters. The largest absolute Gasteiger partial charge is 0.394 e. The molecule has 0 unspecified atom stereocenters. The van der Waals surface area contributed by atoms with E-state index in [4.69, 9.17) is 0 Å². The summed E-state index contributed by atoms with van der Waals surface area (Å²) in [6, 6.07) is 0. The maximum Gasteiger partial charge on any atom is 0.0609 e. The number of aliphatic hydroxyl groups excluding tert-OH is 1. The lowest BCUT2D eigenvalue weighted by molar-refractivity contribution is 0.0760. The molecular weight excluding hydrogens is 188 g/mol. The molecular formula is C12H26N2O. The summed E-state index contributed by atoms with van der Waals surface area (Å²) < 4.78 is 0. The average Bonchev–Trinajstić information content (AvgIpc) is 2.70. The number of aliphatic hydroxyl groups is 1. The first-order valence-electron chi connectivity index (χ1n) is 6.11. The van der Waals surface area contributed by atoms with Gasteiger partial charge in [0.1, 0.15) is 0 Å². The fourth-order valence-electron chi connectivity index (χ4n) is 1.96. The molecule has 1 N–H and O–H groups in total. The second-order valence-corrected chi connectivity index (χ2v) is 5.29. The van der Waals surface area contributed by atoms with Crippen molar-refractivity contribution in [3.05, 3.63) is 0 Å². The minimum atomic E-state index is -0.0784. The number of likely N-dealkylation sites (N-methyl/N-ethyl adjacent to an activating group) is 1. The quantitative estimate of drug-likeness (QED) is 0.719. The van der Waals surface area contributed by atoms with Crippen LogP contribution in [0.3, 0.4) is 0 Å². The lowest BCUT2D eigenvalue weighted by atomic mass is 10.1. The fraction of sp³-hybridized carbons (Fsp3) is 1.00. The predicted molar refractivity (Wildman–Crippen MR) is 64.1 cm³/mol. The number of rotatable bonds is 6. The summed E-state index contributed by atoms with van der Waals surface area (Å²) in [6.07, 6.45) is 3.95. The van der Waals surface area contributed by atoms with Gasteiger partial charge in [0.25, 0.3) is 0 Å². The zero-order valence-corrected chi connectivity index (χ0v) is 10.5. The minimum absolute atomic E-state index is 0.0784. The second kappa shape index (κ2) is 5.83. The molecule has 0 radical (unpaired) electrons. The van der Waals surface area contributed by atoms with E-state index < -0.39 is 0 Å². The van der Waals surface area contributed by atoms with Gasteiger partial charge in [0.2, 0.25) is 0 Å². The zero-order chi connectivity index (χ0) is 11.3. The molecule has 0 bridgehead atoms. The smallest absolute Gasteiger partial charge is 0.0609 e. The molecule has 1 fully saturated rings. The number of hydrogen-bond acceptors (Lipinski definition) is 3. The van der Waals surface area contributed by atoms with Crippen LogP contribution in [0.5, 0.6) is 0 Å². The second-order valence-electron chi connectivity index (χ2n) is 5.29. The minimum Gasteiger partial charge on any atom is -0.394 e. The van der Waals surface area contributed by atoms with Crippen LogP contribution in [0.1, 0.15) is 33.1 Å². The van der Waals surface area contributed by atoms with Crippen LogP contribution in [0.15, 0.2) is 0 Å². The molecule has 0 aliphatic carbocycles. The van der Waals surface area contributed by atoms with E-state index in [1.54, 1.807) is 0 Å². The van der Waals surface area contributed by atoms with Gasteiger partial charge in [-0.25, -0.2) is 0 Å². The summed E-state index contributed by atoms with van der Waals surface area (Å²) in [5.41, 5.74) is -0.0784. The van der Waals surface area contributed by atoms with E-state index in [2.05, 4.69) is 30.7 Å². The van der Waals surface area contributed by atoms with Gasteiger partial charge in [0.05, 0.1) is 6.61 Å². The molecule has 1 heterocycles. The molecule has 0 aromatic rings. The molecule has 1 aliphatic rings. The highest BCUT2D eigenvalue weighted by Gasteiger charge is 2.22. The summed E-state index contributed by atoms with van der Waals surface area (Å²) in [5.74, 6) is 0. The lowest BCUT2D eigenvalue weighted by Gasteiger charge is -2.34. The summed E-state index contributed by atoms with van der Waals surface area (Å²) >= 11 is 0. The summed E-state index contributed by atoms with van der Waals surface area (Å²) in [6.45, 7) is 9.26. The predicted octanol–water partition coefficient (Wildman–Crippen LogP) is 1.17. The third-order valence-electron chi connectivity index (χ3n) is 3.59. The van der Waals surface area contributed by atoms with Crippen LogP contribution in [0.25, 0.3) is 0 Å². The summed E-state index contributed by atoms with van der Waals surface area (Å²) in [5, 5.41) is 9.22. The zero-order valence-electron chi connectivity index (χ0n) is 10.5. The molecule has 90 valence electrons. The van der Waals surface area contributed by atoms with Gasteiger partial charge in [0.15, 0.2) is 0 Å². The van der Waals surface area contributed by atoms with Crippen molar-refractivity contribution in [2.75, 3.05) is 39.8 Å². The van der Waals surface area contributed by atoms with E-state index in [0.29, 0.717) is 0 Å². The van der Waals surface area contributed by atoms with Crippen LogP contribution in [0.2, 0.25) is 0 Å². The highest BCUT2D eigenvalue weighted by molar-refractivity contribution is 4.78. The van der Waals surface area contributed by atoms with Gasteiger partial charge in [-0.05, 0) is 66.3 Å². The van der Waals surface area contributed by atoms with Crippen LogP contribution < -0.4 is 0 Å². The first-order chi connectivity index (χ1) is 7.06. The van der Waals surface area contributed by atoms with E-state index in [0.717, 1.165) is 6.54 Å². The topological polar surface area (TPSA) is 26.7 Å². The van der Waals surface area contributed by atoms with Gasteiger partial charge < -0.3 is 10.0 Å². The fourth-order valence-corrected chi connectivity index (χ4v) is 1.96. The third-order valence-corrected chi connectivity index (χ3v) is 3.59. The van der Waals surface area contributed by atoms with Gasteiger partial charge in [0, 0.05) is 5.54 Å². The van der Waals surface area contributed by atoms with Crippen molar-refractivity contribution < 1.29 is 5.11 Å². The van der Waals surface area contributed by atoms with Crippen LogP contribution in [0, 0.1) is 0 Å². The molecule has 3 nitrogen and oxygen atoms in total. The van der Waals surface area contributed by atoms with Gasteiger partial charge >= 0.3 is 0 Å². The molecule has 1 aliphatic heterocycles.